The summed E-state index contributed by atoms with van der Waals surface area (Å²) < 4.78 is 40.8. The Morgan fingerprint density at radius 2 is 1.97 bits per heavy atom. The van der Waals surface area contributed by atoms with E-state index in [-0.39, 0.29) is 18.2 Å². The van der Waals surface area contributed by atoms with Crippen LogP contribution < -0.4 is 4.74 Å². The van der Waals surface area contributed by atoms with Gasteiger partial charge in [0.25, 0.3) is 0 Å². The van der Waals surface area contributed by atoms with Crippen molar-refractivity contribution < 1.29 is 21.7 Å². The number of ether oxygens (including phenoxy) is 1. The molecule has 3 heterocycles. The maximum Gasteiger partial charge on any atom is 0.168 e. The highest BCUT2D eigenvalue weighted by atomic mass is 127. The largest absolute Gasteiger partial charge is 0.494 e. The van der Waals surface area contributed by atoms with E-state index in [2.05, 4.69) is 17.1 Å². The molecule has 5 rings (SSSR count). The Labute approximate surface area is 218 Å². The molecule has 1 unspecified atom stereocenters. The maximum atomic E-state index is 14.2. The Morgan fingerprint density at radius 3 is 2.81 bits per heavy atom. The van der Waals surface area contributed by atoms with Crippen LogP contribution in [0, 0.1) is 11.6 Å². The van der Waals surface area contributed by atoms with Gasteiger partial charge in [0, 0.05) is 31.2 Å². The van der Waals surface area contributed by atoms with E-state index >= 15 is 0 Å². The van der Waals surface area contributed by atoms with Crippen LogP contribution in [-0.4, -0.2) is 39.8 Å². The highest BCUT2D eigenvalue weighted by Crippen LogP contribution is 2.32. The lowest BCUT2D eigenvalue weighted by atomic mass is 9.99. The number of halogens is 3. The molecule has 186 valence electrons. The van der Waals surface area contributed by atoms with E-state index in [0.29, 0.717) is 37.3 Å². The van der Waals surface area contributed by atoms with Gasteiger partial charge in [-0.2, -0.15) is 0 Å². The molecule has 0 aliphatic carbocycles. The summed E-state index contributed by atoms with van der Waals surface area (Å²) in [5.41, 5.74) is 3.46. The average Bonchev–Trinajstić information content (AvgIpc) is 3.27. The number of aliphatic hydroxyl groups is 1. The van der Waals surface area contributed by atoms with Crippen LogP contribution >= 0.6 is 21.1 Å². The molecule has 1 N–H and O–H groups in total. The summed E-state index contributed by atoms with van der Waals surface area (Å²) in [4.78, 5) is 9.30. The second kappa shape index (κ2) is 11.4. The third kappa shape index (κ3) is 5.70. The van der Waals surface area contributed by atoms with Gasteiger partial charge >= 0.3 is 0 Å². The fourth-order valence-corrected chi connectivity index (χ4v) is 5.99. The average molecular weight is 602 g/mol. The quantitative estimate of drug-likeness (QED) is 0.294. The van der Waals surface area contributed by atoms with Gasteiger partial charge in [-0.1, -0.05) is 30.4 Å². The molecule has 2 aromatic carbocycles. The van der Waals surface area contributed by atoms with Gasteiger partial charge in [-0.25, -0.2) is 13.8 Å². The number of rotatable bonds is 8. The fourth-order valence-electron chi connectivity index (χ4n) is 4.07. The summed E-state index contributed by atoms with van der Waals surface area (Å²) in [7, 11) is 0. The number of fused-ring (bicyclic) bond motifs is 1. The maximum absolute atomic E-state index is 14.2. The number of nitrogens with zero attached hydrogens (tertiary/aromatic N) is 2. The van der Waals surface area contributed by atoms with Crippen LogP contribution in [0.3, 0.4) is 0 Å². The molecule has 0 amide bonds. The number of aliphatic imine (C=N–C) groups is 2. The lowest BCUT2D eigenvalue weighted by Crippen LogP contribution is -2.09. The molecule has 3 aliphatic rings. The van der Waals surface area contributed by atoms with Crippen LogP contribution in [-0.2, 0) is 3.07 Å². The van der Waals surface area contributed by atoms with E-state index in [1.54, 1.807) is 12.3 Å². The topological polar surface area (TPSA) is 63.4 Å². The third-order valence-corrected chi connectivity index (χ3v) is 8.20. The van der Waals surface area contributed by atoms with E-state index < -0.39 is 32.8 Å². The van der Waals surface area contributed by atoms with E-state index in [1.165, 1.54) is 9.58 Å². The van der Waals surface area contributed by atoms with Gasteiger partial charge in [0.15, 0.2) is 11.6 Å². The van der Waals surface area contributed by atoms with Crippen molar-refractivity contribution in [2.45, 2.75) is 31.7 Å². The summed E-state index contributed by atoms with van der Waals surface area (Å²) in [6.07, 6.45) is 10.5. The molecule has 8 heteroatoms. The van der Waals surface area contributed by atoms with Crippen molar-refractivity contribution in [2.24, 2.45) is 9.98 Å². The zero-order valence-electron chi connectivity index (χ0n) is 19.5. The minimum Gasteiger partial charge on any atom is -0.494 e. The van der Waals surface area contributed by atoms with Crippen molar-refractivity contribution in [2.75, 3.05) is 13.2 Å². The molecular formula is C28H25F2IN2O3. The van der Waals surface area contributed by atoms with Gasteiger partial charge in [0.2, 0.25) is 0 Å². The fraction of sp³-hybridized carbons (Fsp3) is 0.250. The molecule has 0 spiro atoms. The first-order chi connectivity index (χ1) is 17.6. The van der Waals surface area contributed by atoms with E-state index in [9.17, 15) is 8.78 Å². The summed E-state index contributed by atoms with van der Waals surface area (Å²) in [5.74, 6) is -0.0321. The van der Waals surface area contributed by atoms with Gasteiger partial charge < -0.3 is 12.9 Å². The molecule has 2 aromatic rings. The molecule has 36 heavy (non-hydrogen) atoms. The summed E-state index contributed by atoms with van der Waals surface area (Å²) in [6, 6.07) is 12.1. The predicted molar refractivity (Wildman–Crippen MR) is 147 cm³/mol. The van der Waals surface area contributed by atoms with Crippen LogP contribution in [0.25, 0.3) is 5.70 Å². The Hall–Kier alpha value is -2.98. The number of hydrogen-bond acceptors (Lipinski definition) is 5. The molecule has 3 aliphatic heterocycles. The zero-order valence-corrected chi connectivity index (χ0v) is 21.6. The summed E-state index contributed by atoms with van der Waals surface area (Å²) >= 11 is -0.571. The minimum absolute atomic E-state index is 0.0251. The normalized spacial score (nSPS) is 19.0. The smallest absolute Gasteiger partial charge is 0.168 e. The van der Waals surface area contributed by atoms with Gasteiger partial charge in [-0.3, -0.25) is 4.99 Å². The molecule has 0 fully saturated rings. The second-order valence-corrected chi connectivity index (χ2v) is 10.6. The van der Waals surface area contributed by atoms with Gasteiger partial charge in [-0.05, 0) is 54.3 Å². The van der Waals surface area contributed by atoms with E-state index in [0.717, 1.165) is 35.1 Å². The van der Waals surface area contributed by atoms with Crippen LogP contribution in [0.4, 0.5) is 8.78 Å². The van der Waals surface area contributed by atoms with Crippen LogP contribution in [0.5, 0.6) is 5.75 Å². The summed E-state index contributed by atoms with van der Waals surface area (Å²) in [5, 5.41) is 8.87. The molecule has 0 aromatic heterocycles. The zero-order chi connectivity index (χ0) is 24.9. The molecule has 0 bridgehead atoms. The van der Waals surface area contributed by atoms with Gasteiger partial charge in [-0.15, -0.1) is 0 Å². The standard InChI is InChI=1S/C28H25F2IN2O3/c29-24-4-1-3-23(28(24)30)26-12-8-19-5-9-20(32-17-27(19)33-26)15-22-16-25(31-36-22)18-6-10-21(11-7-18)35-14-2-13-34/h1,3-7,10-12,16-17,20,34H,2,8-9,13-15H2. The Bertz CT molecular complexity index is 1330. The predicted octanol–water partition coefficient (Wildman–Crippen LogP) is 6.09. The van der Waals surface area contributed by atoms with Crippen molar-refractivity contribution in [3.8, 4) is 5.75 Å². The minimum atomic E-state index is -0.881. The third-order valence-electron chi connectivity index (χ3n) is 6.00. The second-order valence-electron chi connectivity index (χ2n) is 8.56. The number of aliphatic hydroxyl groups excluding tert-OH is 1. The molecule has 0 radical (unpaired) electrons. The lowest BCUT2D eigenvalue weighted by molar-refractivity contribution is 0.233. The molecule has 1 atom stereocenters. The highest BCUT2D eigenvalue weighted by molar-refractivity contribution is 14.2. The SMILES string of the molecule is OCCCOc1ccc(C2=IOC(CC3CC=C4CC=C(c5cccc(F)c5F)N=C4C=N3)=C2)cc1. The highest BCUT2D eigenvalue weighted by Gasteiger charge is 2.21. The van der Waals surface area contributed by atoms with E-state index in [1.807, 2.05) is 30.3 Å². The van der Waals surface area contributed by atoms with Crippen LogP contribution in [0.15, 0.2) is 82.0 Å². The Kier molecular flexibility index (Phi) is 7.81. The van der Waals surface area contributed by atoms with Crippen molar-refractivity contribution in [3.05, 3.63) is 94.8 Å². The van der Waals surface area contributed by atoms with Crippen molar-refractivity contribution in [3.63, 3.8) is 0 Å². The monoisotopic (exact) mass is 602 g/mol. The number of hydrogen-bond donors (Lipinski definition) is 1. The first-order valence-electron chi connectivity index (χ1n) is 11.8. The van der Waals surface area contributed by atoms with Crippen molar-refractivity contribution in [1.82, 2.24) is 0 Å². The Balaban J connectivity index is 1.23. The van der Waals surface area contributed by atoms with Gasteiger partial charge in [0.05, 0.1) is 27.6 Å². The van der Waals surface area contributed by atoms with Gasteiger partial charge in [0.1, 0.15) is 32.7 Å². The molecule has 0 saturated heterocycles. The first-order valence-corrected chi connectivity index (χ1v) is 13.8. The first kappa shape index (κ1) is 24.7. The Morgan fingerprint density at radius 1 is 1.11 bits per heavy atom. The van der Waals surface area contributed by atoms with Crippen molar-refractivity contribution >= 4 is 42.3 Å². The summed E-state index contributed by atoms with van der Waals surface area (Å²) in [6.45, 7) is 0.616. The molecule has 5 nitrogen and oxygen atoms in total. The number of allylic oxidation sites excluding steroid dienone is 3. The molecular weight excluding hydrogens is 577 g/mol. The van der Waals surface area contributed by atoms with Crippen LogP contribution in [0.1, 0.15) is 36.8 Å². The lowest BCUT2D eigenvalue weighted by Gasteiger charge is -2.13. The molecule has 0 saturated carbocycles. The van der Waals surface area contributed by atoms with E-state index in [4.69, 9.17) is 17.9 Å². The van der Waals surface area contributed by atoms with Crippen molar-refractivity contribution in [1.29, 1.82) is 0 Å². The number of benzene rings is 2. The van der Waals surface area contributed by atoms with Crippen LogP contribution in [0.2, 0.25) is 0 Å².